The molecular formula is C18H28N2O3S. The van der Waals surface area contributed by atoms with Crippen molar-refractivity contribution in [1.29, 1.82) is 0 Å². The van der Waals surface area contributed by atoms with E-state index < -0.39 is 9.84 Å². The molecule has 1 aromatic carbocycles. The van der Waals surface area contributed by atoms with Crippen LogP contribution in [0.25, 0.3) is 0 Å². The van der Waals surface area contributed by atoms with E-state index >= 15 is 0 Å². The number of aryl methyl sites for hydroxylation is 1. The lowest BCUT2D eigenvalue weighted by Gasteiger charge is -2.24. The van der Waals surface area contributed by atoms with Gasteiger partial charge in [0.2, 0.25) is 5.91 Å². The van der Waals surface area contributed by atoms with Gasteiger partial charge in [-0.1, -0.05) is 32.0 Å². The molecule has 2 rings (SSSR count). The van der Waals surface area contributed by atoms with Gasteiger partial charge < -0.3 is 10.2 Å². The van der Waals surface area contributed by atoms with Crippen LogP contribution < -0.4 is 5.32 Å². The quantitative estimate of drug-likeness (QED) is 0.854. The number of nitrogens with one attached hydrogen (secondary N) is 1. The number of carbonyl (C=O) groups is 1. The van der Waals surface area contributed by atoms with Gasteiger partial charge >= 0.3 is 0 Å². The Balaban J connectivity index is 1.92. The Morgan fingerprint density at radius 2 is 2.08 bits per heavy atom. The van der Waals surface area contributed by atoms with E-state index in [1.807, 2.05) is 0 Å². The van der Waals surface area contributed by atoms with Crippen molar-refractivity contribution in [2.75, 3.05) is 30.4 Å². The summed E-state index contributed by atoms with van der Waals surface area (Å²) in [6.07, 6.45) is 0.909. The Bertz CT molecular complexity index is 698. The van der Waals surface area contributed by atoms with E-state index in [0.717, 1.165) is 5.69 Å². The molecule has 0 aliphatic carbocycles. The predicted octanol–water partition coefficient (Wildman–Crippen LogP) is 2.57. The Morgan fingerprint density at radius 1 is 1.38 bits per heavy atom. The number of hydrogen-bond donors (Lipinski definition) is 1. The minimum absolute atomic E-state index is 0.00992. The number of anilines is 1. The molecule has 1 aromatic rings. The molecule has 5 nitrogen and oxygen atoms in total. The van der Waals surface area contributed by atoms with Crippen LogP contribution in [0, 0.1) is 6.92 Å². The van der Waals surface area contributed by atoms with Crippen molar-refractivity contribution in [2.45, 2.75) is 45.6 Å². The second-order valence-corrected chi connectivity index (χ2v) is 9.16. The third kappa shape index (κ3) is 4.50. The lowest BCUT2D eigenvalue weighted by molar-refractivity contribution is -0.131. The predicted molar refractivity (Wildman–Crippen MR) is 98.2 cm³/mol. The van der Waals surface area contributed by atoms with Crippen molar-refractivity contribution in [3.8, 4) is 0 Å². The Labute approximate surface area is 145 Å². The van der Waals surface area contributed by atoms with Gasteiger partial charge in [-0.15, -0.1) is 0 Å². The van der Waals surface area contributed by atoms with E-state index in [2.05, 4.69) is 44.3 Å². The molecule has 0 aromatic heterocycles. The van der Waals surface area contributed by atoms with Crippen LogP contribution in [-0.2, 0) is 14.6 Å². The van der Waals surface area contributed by atoms with Crippen LogP contribution in [0.3, 0.4) is 0 Å². The number of para-hydroxylation sites is 1. The van der Waals surface area contributed by atoms with Crippen LogP contribution >= 0.6 is 0 Å². The van der Waals surface area contributed by atoms with Gasteiger partial charge in [-0.2, -0.15) is 0 Å². The Kier molecular flexibility index (Phi) is 5.91. The van der Waals surface area contributed by atoms with Crippen molar-refractivity contribution in [3.05, 3.63) is 29.3 Å². The largest absolute Gasteiger partial charge is 0.384 e. The first-order valence-electron chi connectivity index (χ1n) is 8.50. The summed E-state index contributed by atoms with van der Waals surface area (Å²) in [5, 5.41) is 3.39. The zero-order valence-corrected chi connectivity index (χ0v) is 15.8. The molecule has 134 valence electrons. The van der Waals surface area contributed by atoms with Crippen LogP contribution in [0.5, 0.6) is 0 Å². The van der Waals surface area contributed by atoms with Gasteiger partial charge in [0.15, 0.2) is 9.84 Å². The van der Waals surface area contributed by atoms with Gasteiger partial charge in [0.05, 0.1) is 11.5 Å². The number of hydrogen-bond acceptors (Lipinski definition) is 4. The summed E-state index contributed by atoms with van der Waals surface area (Å²) in [4.78, 5) is 13.9. The molecule has 1 fully saturated rings. The van der Waals surface area contributed by atoms with Crippen molar-refractivity contribution >= 4 is 21.4 Å². The van der Waals surface area contributed by atoms with Gasteiger partial charge in [-0.25, -0.2) is 8.42 Å². The summed E-state index contributed by atoms with van der Waals surface area (Å²) in [5.74, 6) is 0.686. The molecule has 0 bridgehead atoms. The highest BCUT2D eigenvalue weighted by Gasteiger charge is 2.32. The van der Waals surface area contributed by atoms with Crippen molar-refractivity contribution < 1.29 is 13.2 Å². The number of sulfone groups is 1. The molecule has 0 saturated carbocycles. The molecule has 1 aliphatic rings. The van der Waals surface area contributed by atoms with Gasteiger partial charge in [-0.05, 0) is 30.4 Å². The molecule has 1 N–H and O–H groups in total. The maximum absolute atomic E-state index is 12.3. The average Bonchev–Trinajstić information content (AvgIpc) is 2.87. The summed E-state index contributed by atoms with van der Waals surface area (Å²) in [6, 6.07) is 6.05. The first kappa shape index (κ1) is 18.8. The summed E-state index contributed by atoms with van der Waals surface area (Å²) in [7, 11) is -1.26. The van der Waals surface area contributed by atoms with E-state index in [4.69, 9.17) is 0 Å². The highest BCUT2D eigenvalue weighted by Crippen LogP contribution is 2.27. The van der Waals surface area contributed by atoms with E-state index in [1.54, 1.807) is 11.9 Å². The summed E-state index contributed by atoms with van der Waals surface area (Å²) in [5.41, 5.74) is 3.52. The smallest absolute Gasteiger partial charge is 0.224 e. The minimum atomic E-state index is -2.97. The average molecular weight is 353 g/mol. The Morgan fingerprint density at radius 3 is 2.67 bits per heavy atom. The standard InChI is InChI=1S/C18H28N2O3S/c1-13(2)16-7-5-6-14(3)18(16)19-10-8-17(21)20(4)15-9-11-24(22,23)12-15/h5-7,13,15,19H,8-12H2,1-4H3. The molecular weight excluding hydrogens is 324 g/mol. The van der Waals surface area contributed by atoms with E-state index in [-0.39, 0.29) is 23.5 Å². The van der Waals surface area contributed by atoms with Crippen LogP contribution in [0.2, 0.25) is 0 Å². The molecule has 1 unspecified atom stereocenters. The molecule has 1 saturated heterocycles. The lowest BCUT2D eigenvalue weighted by Crippen LogP contribution is -2.38. The van der Waals surface area contributed by atoms with Crippen LogP contribution in [-0.4, -0.2) is 50.4 Å². The van der Waals surface area contributed by atoms with Crippen LogP contribution in [0.15, 0.2) is 18.2 Å². The molecule has 1 amide bonds. The van der Waals surface area contributed by atoms with Gasteiger partial charge in [-0.3, -0.25) is 4.79 Å². The zero-order valence-electron chi connectivity index (χ0n) is 15.0. The topological polar surface area (TPSA) is 66.5 Å². The molecule has 24 heavy (non-hydrogen) atoms. The van der Waals surface area contributed by atoms with Crippen molar-refractivity contribution in [2.24, 2.45) is 0 Å². The van der Waals surface area contributed by atoms with E-state index in [0.29, 0.717) is 25.3 Å². The number of benzene rings is 1. The first-order chi connectivity index (χ1) is 11.2. The van der Waals surface area contributed by atoms with Crippen molar-refractivity contribution in [1.82, 2.24) is 4.90 Å². The number of rotatable bonds is 6. The normalized spacial score (nSPS) is 19.5. The second kappa shape index (κ2) is 7.55. The number of amides is 1. The van der Waals surface area contributed by atoms with Gasteiger partial charge in [0.25, 0.3) is 0 Å². The Hall–Kier alpha value is -1.56. The molecule has 1 aliphatic heterocycles. The number of nitrogens with zero attached hydrogens (tertiary/aromatic N) is 1. The van der Waals surface area contributed by atoms with Gasteiger partial charge in [0, 0.05) is 31.7 Å². The summed E-state index contributed by atoms with van der Waals surface area (Å²) >= 11 is 0. The SMILES string of the molecule is Cc1cccc(C(C)C)c1NCCC(=O)N(C)C1CCS(=O)(=O)C1. The highest BCUT2D eigenvalue weighted by molar-refractivity contribution is 7.91. The molecule has 0 radical (unpaired) electrons. The molecule has 6 heteroatoms. The van der Waals surface area contributed by atoms with Crippen molar-refractivity contribution in [3.63, 3.8) is 0 Å². The summed E-state index contributed by atoms with van der Waals surface area (Å²) in [6.45, 7) is 6.91. The zero-order chi connectivity index (χ0) is 17.9. The second-order valence-electron chi connectivity index (χ2n) is 6.93. The fraction of sp³-hybridized carbons (Fsp3) is 0.611. The molecule has 0 spiro atoms. The summed E-state index contributed by atoms with van der Waals surface area (Å²) < 4.78 is 23.1. The van der Waals surface area contributed by atoms with Gasteiger partial charge in [0.1, 0.15) is 0 Å². The highest BCUT2D eigenvalue weighted by atomic mass is 32.2. The first-order valence-corrected chi connectivity index (χ1v) is 10.3. The maximum atomic E-state index is 12.3. The minimum Gasteiger partial charge on any atom is -0.384 e. The molecule has 1 atom stereocenters. The lowest BCUT2D eigenvalue weighted by atomic mass is 9.98. The number of carbonyl (C=O) groups excluding carboxylic acids is 1. The monoisotopic (exact) mass is 352 g/mol. The maximum Gasteiger partial charge on any atom is 0.224 e. The fourth-order valence-corrected chi connectivity index (χ4v) is 4.94. The third-order valence-corrected chi connectivity index (χ3v) is 6.47. The third-order valence-electron chi connectivity index (χ3n) is 4.72. The van der Waals surface area contributed by atoms with E-state index in [9.17, 15) is 13.2 Å². The fourth-order valence-electron chi connectivity index (χ4n) is 3.17. The van der Waals surface area contributed by atoms with Crippen LogP contribution in [0.4, 0.5) is 5.69 Å². The van der Waals surface area contributed by atoms with Crippen LogP contribution in [0.1, 0.15) is 43.7 Å². The molecule has 1 heterocycles. The van der Waals surface area contributed by atoms with E-state index in [1.165, 1.54) is 11.1 Å².